The monoisotopic (exact) mass is 154 g/mol. The van der Waals surface area contributed by atoms with Crippen molar-refractivity contribution in [2.75, 3.05) is 13.1 Å². The average molecular weight is 154 g/mol. The molecule has 3 N–H and O–H groups in total. The highest BCUT2D eigenvalue weighted by molar-refractivity contribution is 5.76. The highest BCUT2D eigenvalue weighted by Crippen LogP contribution is 2.06. The molecule has 1 heterocycles. The highest BCUT2D eigenvalue weighted by atomic mass is 16.1. The van der Waals surface area contributed by atoms with E-state index in [2.05, 4.69) is 17.5 Å². The fourth-order valence-corrected chi connectivity index (χ4v) is 1.18. The van der Waals surface area contributed by atoms with Gasteiger partial charge in [0, 0.05) is 13.1 Å². The predicted octanol–water partition coefficient (Wildman–Crippen LogP) is 0.0275. The normalized spacial score (nSPS) is 28.5. The molecule has 1 unspecified atom stereocenters. The largest absolute Gasteiger partial charge is 0.369 e. The Kier molecular flexibility index (Phi) is 3.11. The lowest BCUT2D eigenvalue weighted by molar-refractivity contribution is -0.121. The molecule has 3 nitrogen and oxygen atoms in total. The summed E-state index contributed by atoms with van der Waals surface area (Å²) in [5.41, 5.74) is 5.18. The molecule has 3 heteroatoms. The van der Waals surface area contributed by atoms with Gasteiger partial charge in [0.1, 0.15) is 0 Å². The Bertz CT molecular complexity index is 165. The Morgan fingerprint density at radius 2 is 2.36 bits per heavy atom. The van der Waals surface area contributed by atoms with E-state index in [-0.39, 0.29) is 11.8 Å². The van der Waals surface area contributed by atoms with Crippen molar-refractivity contribution < 1.29 is 4.79 Å². The van der Waals surface area contributed by atoms with Gasteiger partial charge in [0.05, 0.1) is 5.92 Å². The van der Waals surface area contributed by atoms with Crippen molar-refractivity contribution in [3.8, 4) is 0 Å². The lowest BCUT2D eigenvalue weighted by Crippen LogP contribution is -2.33. The van der Waals surface area contributed by atoms with Crippen molar-refractivity contribution in [2.24, 2.45) is 11.7 Å². The fraction of sp³-hybridized carbons (Fsp3) is 0.625. The van der Waals surface area contributed by atoms with E-state index in [0.717, 1.165) is 25.9 Å². The van der Waals surface area contributed by atoms with Gasteiger partial charge in [0.25, 0.3) is 0 Å². The second kappa shape index (κ2) is 4.13. The number of rotatable bonds is 1. The van der Waals surface area contributed by atoms with Gasteiger partial charge in [-0.3, -0.25) is 4.79 Å². The molecule has 1 aliphatic rings. The van der Waals surface area contributed by atoms with Crippen molar-refractivity contribution in [1.29, 1.82) is 0 Å². The van der Waals surface area contributed by atoms with E-state index in [1.807, 2.05) is 0 Å². The molecule has 11 heavy (non-hydrogen) atoms. The molecule has 1 rings (SSSR count). The van der Waals surface area contributed by atoms with E-state index in [4.69, 9.17) is 5.73 Å². The molecule has 0 radical (unpaired) electrons. The van der Waals surface area contributed by atoms with Crippen LogP contribution in [-0.2, 0) is 4.79 Å². The third-order valence-electron chi connectivity index (χ3n) is 1.90. The van der Waals surface area contributed by atoms with Crippen LogP contribution in [-0.4, -0.2) is 19.0 Å². The van der Waals surface area contributed by atoms with Crippen LogP contribution in [0.3, 0.4) is 0 Å². The van der Waals surface area contributed by atoms with E-state index >= 15 is 0 Å². The summed E-state index contributed by atoms with van der Waals surface area (Å²) in [5.74, 6) is -0.173. The number of carbonyl (C=O) groups is 1. The van der Waals surface area contributed by atoms with Gasteiger partial charge in [-0.15, -0.1) is 0 Å². The Balaban J connectivity index is 2.42. The molecular formula is C8H14N2O. The number of hydrogen-bond acceptors (Lipinski definition) is 2. The van der Waals surface area contributed by atoms with E-state index in [1.54, 1.807) is 0 Å². The Hall–Kier alpha value is -0.830. The minimum absolute atomic E-state index is 0.0138. The number of hydrogen-bond donors (Lipinski definition) is 2. The number of primary amides is 1. The second-order valence-corrected chi connectivity index (χ2v) is 2.81. The zero-order chi connectivity index (χ0) is 8.10. The topological polar surface area (TPSA) is 55.1 Å². The quantitative estimate of drug-likeness (QED) is 0.523. The third-order valence-corrected chi connectivity index (χ3v) is 1.90. The first kappa shape index (κ1) is 8.27. The Morgan fingerprint density at radius 3 is 3.09 bits per heavy atom. The molecule has 0 aromatic rings. The van der Waals surface area contributed by atoms with Crippen LogP contribution in [0.2, 0.25) is 0 Å². The molecule has 0 aliphatic carbocycles. The van der Waals surface area contributed by atoms with Gasteiger partial charge in [-0.05, 0) is 12.8 Å². The molecule has 0 bridgehead atoms. The van der Waals surface area contributed by atoms with Crippen molar-refractivity contribution >= 4 is 5.91 Å². The number of amides is 1. The van der Waals surface area contributed by atoms with Gasteiger partial charge < -0.3 is 11.1 Å². The first-order valence-corrected chi connectivity index (χ1v) is 3.95. The molecule has 1 amide bonds. The maximum absolute atomic E-state index is 10.8. The zero-order valence-corrected chi connectivity index (χ0v) is 6.55. The second-order valence-electron chi connectivity index (χ2n) is 2.81. The van der Waals surface area contributed by atoms with Gasteiger partial charge in [-0.25, -0.2) is 0 Å². The van der Waals surface area contributed by atoms with Crippen molar-refractivity contribution in [3.05, 3.63) is 12.2 Å². The molecule has 0 saturated heterocycles. The fourth-order valence-electron chi connectivity index (χ4n) is 1.18. The third kappa shape index (κ3) is 2.72. The van der Waals surface area contributed by atoms with Crippen LogP contribution in [0.15, 0.2) is 12.2 Å². The van der Waals surface area contributed by atoms with E-state index in [1.165, 1.54) is 0 Å². The number of nitrogens with two attached hydrogens (primary N) is 1. The molecule has 0 saturated carbocycles. The summed E-state index contributed by atoms with van der Waals surface area (Å²) in [6.45, 7) is 1.57. The van der Waals surface area contributed by atoms with Crippen LogP contribution in [0.25, 0.3) is 0 Å². The molecular weight excluding hydrogens is 140 g/mol. The summed E-state index contributed by atoms with van der Waals surface area (Å²) in [5, 5.41) is 3.13. The predicted molar refractivity (Wildman–Crippen MR) is 43.9 cm³/mol. The SMILES string of the molecule is NC(=O)C1CC/C=C\CNC1. The van der Waals surface area contributed by atoms with Gasteiger partial charge in [0.2, 0.25) is 5.91 Å². The molecule has 0 spiro atoms. The first-order valence-electron chi connectivity index (χ1n) is 3.95. The van der Waals surface area contributed by atoms with Crippen LogP contribution in [0.5, 0.6) is 0 Å². The molecule has 62 valence electrons. The van der Waals surface area contributed by atoms with Gasteiger partial charge in [-0.2, -0.15) is 0 Å². The summed E-state index contributed by atoms with van der Waals surface area (Å²) >= 11 is 0. The summed E-state index contributed by atoms with van der Waals surface area (Å²) in [4.78, 5) is 10.8. The van der Waals surface area contributed by atoms with Crippen LogP contribution >= 0.6 is 0 Å². The molecule has 1 atom stereocenters. The van der Waals surface area contributed by atoms with E-state index in [9.17, 15) is 4.79 Å². The number of nitrogens with one attached hydrogen (secondary N) is 1. The van der Waals surface area contributed by atoms with Gasteiger partial charge in [0.15, 0.2) is 0 Å². The number of allylic oxidation sites excluding steroid dienone is 1. The van der Waals surface area contributed by atoms with Crippen molar-refractivity contribution in [2.45, 2.75) is 12.8 Å². The smallest absolute Gasteiger partial charge is 0.221 e. The molecule has 0 aromatic carbocycles. The summed E-state index contributed by atoms with van der Waals surface area (Å²) in [7, 11) is 0. The zero-order valence-electron chi connectivity index (χ0n) is 6.55. The minimum Gasteiger partial charge on any atom is -0.369 e. The number of carbonyl (C=O) groups excluding carboxylic acids is 1. The van der Waals surface area contributed by atoms with Crippen LogP contribution in [0.4, 0.5) is 0 Å². The lowest BCUT2D eigenvalue weighted by Gasteiger charge is -2.14. The minimum atomic E-state index is -0.187. The van der Waals surface area contributed by atoms with Crippen molar-refractivity contribution in [3.63, 3.8) is 0 Å². The van der Waals surface area contributed by atoms with Gasteiger partial charge in [-0.1, -0.05) is 12.2 Å². The molecule has 0 aromatic heterocycles. The van der Waals surface area contributed by atoms with Crippen LogP contribution < -0.4 is 11.1 Å². The average Bonchev–Trinajstić information content (AvgIpc) is 1.84. The molecule has 0 fully saturated rings. The lowest BCUT2D eigenvalue weighted by atomic mass is 10.0. The Morgan fingerprint density at radius 1 is 1.55 bits per heavy atom. The molecule has 1 aliphatic heterocycles. The van der Waals surface area contributed by atoms with E-state index < -0.39 is 0 Å². The maximum Gasteiger partial charge on any atom is 0.221 e. The standard InChI is InChI=1S/C8H14N2O/c9-8(11)7-4-2-1-3-5-10-6-7/h1,3,7,10H,2,4-6H2,(H2,9,11)/b3-1-. The summed E-state index contributed by atoms with van der Waals surface area (Å²) in [6, 6.07) is 0. The van der Waals surface area contributed by atoms with Crippen LogP contribution in [0.1, 0.15) is 12.8 Å². The van der Waals surface area contributed by atoms with Crippen molar-refractivity contribution in [1.82, 2.24) is 5.32 Å². The highest BCUT2D eigenvalue weighted by Gasteiger charge is 2.13. The maximum atomic E-state index is 10.8. The van der Waals surface area contributed by atoms with Gasteiger partial charge >= 0.3 is 0 Å². The Labute approximate surface area is 66.6 Å². The summed E-state index contributed by atoms with van der Waals surface area (Å²) < 4.78 is 0. The van der Waals surface area contributed by atoms with E-state index in [0.29, 0.717) is 0 Å². The summed E-state index contributed by atoms with van der Waals surface area (Å²) in [6.07, 6.45) is 6.01. The van der Waals surface area contributed by atoms with Crippen LogP contribution in [0, 0.1) is 5.92 Å². The first-order chi connectivity index (χ1) is 5.30.